The quantitative estimate of drug-likeness (QED) is 0.786. The van der Waals surface area contributed by atoms with Gasteiger partial charge < -0.3 is 10.1 Å². The van der Waals surface area contributed by atoms with Crippen LogP contribution in [0.1, 0.15) is 49.8 Å². The molecule has 1 aliphatic rings. The fraction of sp³-hybridized carbons (Fsp3) is 0.533. The van der Waals surface area contributed by atoms with Crippen LogP contribution in [0.4, 0.5) is 0 Å². The minimum Gasteiger partial charge on any atom is -0.465 e. The largest absolute Gasteiger partial charge is 0.465 e. The van der Waals surface area contributed by atoms with Crippen molar-refractivity contribution in [3.05, 3.63) is 35.4 Å². The topological polar surface area (TPSA) is 38.3 Å². The first-order chi connectivity index (χ1) is 8.76. The summed E-state index contributed by atoms with van der Waals surface area (Å²) in [5, 5.41) is 3.20. The number of rotatable bonds is 6. The van der Waals surface area contributed by atoms with Crippen LogP contribution in [0.5, 0.6) is 0 Å². The maximum absolute atomic E-state index is 11.9. The lowest BCUT2D eigenvalue weighted by atomic mass is 10.0. The second kappa shape index (κ2) is 6.01. The summed E-state index contributed by atoms with van der Waals surface area (Å²) in [7, 11) is 0. The molecular weight excluding hydrogens is 226 g/mol. The SMILES string of the molecule is CCNC(C(=O)OCC)c1cccc(C2CC2)c1. The van der Waals surface area contributed by atoms with Gasteiger partial charge in [0, 0.05) is 0 Å². The molecule has 1 N–H and O–H groups in total. The summed E-state index contributed by atoms with van der Waals surface area (Å²) in [5.74, 6) is 0.515. The van der Waals surface area contributed by atoms with Gasteiger partial charge in [0.05, 0.1) is 6.61 Å². The molecule has 0 amide bonds. The van der Waals surface area contributed by atoms with Gasteiger partial charge in [0.1, 0.15) is 6.04 Å². The van der Waals surface area contributed by atoms with E-state index in [0.29, 0.717) is 12.5 Å². The number of nitrogens with one attached hydrogen (secondary N) is 1. The Hall–Kier alpha value is -1.35. The van der Waals surface area contributed by atoms with Gasteiger partial charge in [0.2, 0.25) is 0 Å². The number of carbonyl (C=O) groups excluding carboxylic acids is 1. The predicted molar refractivity (Wildman–Crippen MR) is 71.5 cm³/mol. The molecule has 0 radical (unpaired) electrons. The Kier molecular flexibility index (Phi) is 4.37. The van der Waals surface area contributed by atoms with Gasteiger partial charge in [-0.2, -0.15) is 0 Å². The van der Waals surface area contributed by atoms with E-state index in [1.165, 1.54) is 18.4 Å². The van der Waals surface area contributed by atoms with E-state index in [9.17, 15) is 4.79 Å². The number of carbonyl (C=O) groups is 1. The van der Waals surface area contributed by atoms with Crippen molar-refractivity contribution in [2.75, 3.05) is 13.2 Å². The molecule has 3 nitrogen and oxygen atoms in total. The molecule has 98 valence electrons. The third-order valence-corrected chi connectivity index (χ3v) is 3.22. The second-order valence-corrected chi connectivity index (χ2v) is 4.69. The lowest BCUT2D eigenvalue weighted by Gasteiger charge is -2.17. The van der Waals surface area contributed by atoms with Crippen molar-refractivity contribution in [1.29, 1.82) is 0 Å². The molecule has 0 spiro atoms. The van der Waals surface area contributed by atoms with E-state index in [0.717, 1.165) is 12.1 Å². The van der Waals surface area contributed by atoms with Crippen molar-refractivity contribution in [2.45, 2.75) is 38.6 Å². The van der Waals surface area contributed by atoms with Crippen molar-refractivity contribution >= 4 is 5.97 Å². The first kappa shape index (κ1) is 13.1. The number of hydrogen-bond donors (Lipinski definition) is 1. The van der Waals surface area contributed by atoms with Crippen LogP contribution in [-0.4, -0.2) is 19.1 Å². The summed E-state index contributed by atoms with van der Waals surface area (Å²) >= 11 is 0. The normalized spacial score (nSPS) is 16.3. The molecule has 1 atom stereocenters. The van der Waals surface area contributed by atoms with Crippen LogP contribution in [0.3, 0.4) is 0 Å². The summed E-state index contributed by atoms with van der Waals surface area (Å²) in [6, 6.07) is 7.98. The van der Waals surface area contributed by atoms with E-state index in [1.54, 1.807) is 0 Å². The smallest absolute Gasteiger partial charge is 0.327 e. The van der Waals surface area contributed by atoms with Gasteiger partial charge in [-0.05, 0) is 43.4 Å². The summed E-state index contributed by atoms with van der Waals surface area (Å²) in [6.07, 6.45) is 2.55. The molecule has 0 saturated heterocycles. The molecule has 0 aromatic heterocycles. The zero-order chi connectivity index (χ0) is 13.0. The molecule has 0 bridgehead atoms. The minimum absolute atomic E-state index is 0.188. The van der Waals surface area contributed by atoms with Gasteiger partial charge in [-0.3, -0.25) is 0 Å². The molecule has 1 aliphatic carbocycles. The number of benzene rings is 1. The average molecular weight is 247 g/mol. The molecule has 1 aromatic carbocycles. The number of ether oxygens (including phenoxy) is 1. The Morgan fingerprint density at radius 3 is 2.83 bits per heavy atom. The minimum atomic E-state index is -0.339. The zero-order valence-electron chi connectivity index (χ0n) is 11.1. The summed E-state index contributed by atoms with van der Waals surface area (Å²) in [6.45, 7) is 5.00. The van der Waals surface area contributed by atoms with E-state index >= 15 is 0 Å². The van der Waals surface area contributed by atoms with Gasteiger partial charge in [-0.25, -0.2) is 4.79 Å². The first-order valence-electron chi connectivity index (χ1n) is 6.76. The van der Waals surface area contributed by atoms with E-state index < -0.39 is 0 Å². The third kappa shape index (κ3) is 3.10. The van der Waals surface area contributed by atoms with Gasteiger partial charge >= 0.3 is 5.97 Å². The van der Waals surface area contributed by atoms with Crippen LogP contribution < -0.4 is 5.32 Å². The molecule has 2 rings (SSSR count). The van der Waals surface area contributed by atoms with Crippen LogP contribution in [0.25, 0.3) is 0 Å². The number of esters is 1. The summed E-state index contributed by atoms with van der Waals surface area (Å²) < 4.78 is 5.13. The fourth-order valence-electron chi connectivity index (χ4n) is 2.18. The van der Waals surface area contributed by atoms with Crippen molar-refractivity contribution in [2.24, 2.45) is 0 Å². The van der Waals surface area contributed by atoms with E-state index in [2.05, 4.69) is 17.4 Å². The van der Waals surface area contributed by atoms with Crippen molar-refractivity contribution in [3.63, 3.8) is 0 Å². The van der Waals surface area contributed by atoms with Crippen LogP contribution in [-0.2, 0) is 9.53 Å². The van der Waals surface area contributed by atoms with E-state index in [-0.39, 0.29) is 12.0 Å². The molecule has 3 heteroatoms. The van der Waals surface area contributed by atoms with Crippen LogP contribution in [0, 0.1) is 0 Å². The summed E-state index contributed by atoms with van der Waals surface area (Å²) in [4.78, 5) is 11.9. The standard InChI is InChI=1S/C15H21NO2/c1-3-16-14(15(17)18-4-2)13-7-5-6-12(10-13)11-8-9-11/h5-7,10-11,14,16H,3-4,8-9H2,1-2H3. The lowest BCUT2D eigenvalue weighted by Crippen LogP contribution is -2.30. The Morgan fingerprint density at radius 2 is 2.22 bits per heavy atom. The van der Waals surface area contributed by atoms with E-state index in [4.69, 9.17) is 4.74 Å². The molecule has 0 aliphatic heterocycles. The molecule has 1 fully saturated rings. The van der Waals surface area contributed by atoms with E-state index in [1.807, 2.05) is 26.0 Å². The second-order valence-electron chi connectivity index (χ2n) is 4.69. The predicted octanol–water partition coefficient (Wildman–Crippen LogP) is 2.78. The molecule has 1 aromatic rings. The number of likely N-dealkylation sites (N-methyl/N-ethyl adjacent to an activating group) is 1. The molecule has 18 heavy (non-hydrogen) atoms. The van der Waals surface area contributed by atoms with Gasteiger partial charge in [-0.1, -0.05) is 31.2 Å². The maximum Gasteiger partial charge on any atom is 0.327 e. The molecule has 1 saturated carbocycles. The van der Waals surface area contributed by atoms with Crippen LogP contribution in [0.15, 0.2) is 24.3 Å². The average Bonchev–Trinajstić information content (AvgIpc) is 3.20. The highest BCUT2D eigenvalue weighted by atomic mass is 16.5. The molecule has 1 unspecified atom stereocenters. The highest BCUT2D eigenvalue weighted by Gasteiger charge is 2.26. The zero-order valence-corrected chi connectivity index (χ0v) is 11.1. The fourth-order valence-corrected chi connectivity index (χ4v) is 2.18. The third-order valence-electron chi connectivity index (χ3n) is 3.22. The Morgan fingerprint density at radius 1 is 1.44 bits per heavy atom. The monoisotopic (exact) mass is 247 g/mol. The molecular formula is C15H21NO2. The highest BCUT2D eigenvalue weighted by Crippen LogP contribution is 2.40. The number of hydrogen-bond acceptors (Lipinski definition) is 3. The Bertz CT molecular complexity index is 413. The van der Waals surface area contributed by atoms with Gasteiger partial charge in [0.25, 0.3) is 0 Å². The van der Waals surface area contributed by atoms with Gasteiger partial charge in [0.15, 0.2) is 0 Å². The summed E-state index contributed by atoms with van der Waals surface area (Å²) in [5.41, 5.74) is 2.36. The highest BCUT2D eigenvalue weighted by molar-refractivity contribution is 5.77. The van der Waals surface area contributed by atoms with Crippen molar-refractivity contribution in [1.82, 2.24) is 5.32 Å². The van der Waals surface area contributed by atoms with Crippen molar-refractivity contribution in [3.8, 4) is 0 Å². The van der Waals surface area contributed by atoms with Crippen molar-refractivity contribution < 1.29 is 9.53 Å². The van der Waals surface area contributed by atoms with Gasteiger partial charge in [-0.15, -0.1) is 0 Å². The Labute approximate surface area is 109 Å². The first-order valence-corrected chi connectivity index (χ1v) is 6.76. The Balaban J connectivity index is 2.18. The lowest BCUT2D eigenvalue weighted by molar-refractivity contribution is -0.145. The maximum atomic E-state index is 11.9. The van der Waals surface area contributed by atoms with Crippen LogP contribution >= 0.6 is 0 Å². The molecule has 0 heterocycles. The van der Waals surface area contributed by atoms with Crippen LogP contribution in [0.2, 0.25) is 0 Å².